The lowest BCUT2D eigenvalue weighted by atomic mass is 10.0. The van der Waals surface area contributed by atoms with Gasteiger partial charge in [0.15, 0.2) is 19.7 Å². The molecule has 0 aliphatic rings. The van der Waals surface area contributed by atoms with Gasteiger partial charge < -0.3 is 20.2 Å². The monoisotopic (exact) mass is 750 g/mol. The van der Waals surface area contributed by atoms with E-state index < -0.39 is 31.6 Å². The summed E-state index contributed by atoms with van der Waals surface area (Å²) in [5, 5.41) is 28.3. The molecule has 2 aromatic carbocycles. The Morgan fingerprint density at radius 2 is 1.12 bits per heavy atom. The number of fused-ring (bicyclic) bond motifs is 2. The fourth-order valence-electron chi connectivity index (χ4n) is 6.49. The second kappa shape index (κ2) is 14.1. The van der Waals surface area contributed by atoms with Crippen molar-refractivity contribution < 1.29 is 36.6 Å². The number of benzene rings is 2. The van der Waals surface area contributed by atoms with Gasteiger partial charge in [0.25, 0.3) is 0 Å². The van der Waals surface area contributed by atoms with Crippen molar-refractivity contribution in [1.82, 2.24) is 29.5 Å². The zero-order valence-electron chi connectivity index (χ0n) is 30.1. The van der Waals surface area contributed by atoms with Crippen molar-refractivity contribution in [2.75, 3.05) is 12.5 Å². The summed E-state index contributed by atoms with van der Waals surface area (Å²) in [7, 11) is -2.63. The van der Waals surface area contributed by atoms with Crippen molar-refractivity contribution in [3.8, 4) is 22.3 Å². The van der Waals surface area contributed by atoms with Gasteiger partial charge in [0, 0.05) is 37.7 Å². The van der Waals surface area contributed by atoms with Gasteiger partial charge in [-0.2, -0.15) is 10.2 Å². The molecule has 52 heavy (non-hydrogen) atoms. The van der Waals surface area contributed by atoms with E-state index in [0.29, 0.717) is 38.9 Å². The minimum atomic E-state index is -3.13. The highest BCUT2D eigenvalue weighted by molar-refractivity contribution is 7.90. The fourth-order valence-corrected chi connectivity index (χ4v) is 8.09. The maximum Gasteiger partial charge on any atom is 0.353 e. The van der Waals surface area contributed by atoms with Crippen molar-refractivity contribution >= 4 is 53.7 Å². The first kappa shape index (κ1) is 38.0. The van der Waals surface area contributed by atoms with Gasteiger partial charge in [-0.3, -0.25) is 9.36 Å². The molecule has 0 spiro atoms. The van der Waals surface area contributed by atoms with Crippen LogP contribution in [0.1, 0.15) is 83.0 Å². The Morgan fingerprint density at radius 1 is 0.673 bits per heavy atom. The first-order valence-corrected chi connectivity index (χ1v) is 20.5. The zero-order valence-corrected chi connectivity index (χ0v) is 31.8. The molecule has 0 atom stereocenters. The van der Waals surface area contributed by atoms with Crippen LogP contribution in [0.5, 0.6) is 0 Å². The van der Waals surface area contributed by atoms with Crippen molar-refractivity contribution in [2.45, 2.75) is 51.0 Å². The molecule has 6 aromatic rings. The quantitative estimate of drug-likeness (QED) is 0.131. The van der Waals surface area contributed by atoms with E-state index in [1.165, 1.54) is 12.5 Å². The van der Waals surface area contributed by atoms with Gasteiger partial charge in [-0.05, 0) is 34.1 Å². The minimum Gasteiger partial charge on any atom is -0.477 e. The lowest BCUT2D eigenvalue weighted by Crippen LogP contribution is -2.04. The van der Waals surface area contributed by atoms with Gasteiger partial charge in [0.05, 0.1) is 39.4 Å². The number of nitrogens with zero attached hydrogens (tertiary/aromatic N) is 4. The molecule has 0 saturated carbocycles. The van der Waals surface area contributed by atoms with E-state index in [4.69, 9.17) is 0 Å². The molecule has 0 unspecified atom stereocenters. The number of aromatic nitrogens is 6. The summed E-state index contributed by atoms with van der Waals surface area (Å²) in [5.74, 6) is -1.89. The molecule has 16 heteroatoms. The molecule has 0 bridgehead atoms. The van der Waals surface area contributed by atoms with E-state index in [9.17, 15) is 36.6 Å². The number of nitrogens with one attached hydrogen (secondary N) is 2. The summed E-state index contributed by atoms with van der Waals surface area (Å²) in [5.41, 5.74) is 8.46. The Morgan fingerprint density at radius 3 is 1.54 bits per heavy atom. The molecular formula is C36H42N6O8S2. The van der Waals surface area contributed by atoms with E-state index >= 15 is 0 Å². The smallest absolute Gasteiger partial charge is 0.353 e. The molecule has 6 rings (SSSR count). The maximum absolute atomic E-state index is 11.8. The highest BCUT2D eigenvalue weighted by Gasteiger charge is 2.26. The molecule has 4 N–H and O–H groups in total. The predicted molar refractivity (Wildman–Crippen MR) is 200 cm³/mol. The van der Waals surface area contributed by atoms with Crippen molar-refractivity contribution in [2.24, 2.45) is 14.1 Å². The number of aromatic carboxylic acids is 2. The van der Waals surface area contributed by atoms with Crippen LogP contribution in [-0.4, -0.2) is 81.0 Å². The summed E-state index contributed by atoms with van der Waals surface area (Å²) >= 11 is 0. The van der Waals surface area contributed by atoms with Crippen LogP contribution < -0.4 is 0 Å². The molecule has 276 valence electrons. The van der Waals surface area contributed by atoms with E-state index in [0.717, 1.165) is 27.9 Å². The number of hydrogen-bond donors (Lipinski definition) is 4. The van der Waals surface area contributed by atoms with Crippen molar-refractivity contribution in [3.63, 3.8) is 0 Å². The predicted octanol–water partition coefficient (Wildman–Crippen LogP) is 5.87. The molecule has 0 aliphatic heterocycles. The van der Waals surface area contributed by atoms with Crippen molar-refractivity contribution in [3.05, 3.63) is 82.4 Å². The topological polar surface area (TPSA) is 210 Å². The second-order valence-electron chi connectivity index (χ2n) is 13.7. The SMILES string of the molecule is CC(C)c1c2[nH]c(C(=O)O)c(-c3ccc(CS(C)(=O)=O)cc3)c2nn1C.CC(C)c1nn(C)c2c(-c3ccc(CS(C)(=O)=O)cc3)c(C(=O)O)[nH]c12. The zero-order chi connectivity index (χ0) is 38.4. The van der Waals surface area contributed by atoms with Gasteiger partial charge in [-0.1, -0.05) is 76.2 Å². The standard InChI is InChI=1S/2C18H21N3O4S/c1-10(2)17-16-14(20-21(17)3)13(15(19-16)18(22)23)12-7-5-11(6-8-12)9-26(4,24)25;1-10(2)14-16-17(21(3)20-14)13(15(19-16)18(22)23)12-7-5-11(6-8-12)9-26(4,24)25/h2*5-8,10,19H,9H2,1-4H3,(H,22,23). The number of aromatic amines is 2. The number of sulfone groups is 2. The summed E-state index contributed by atoms with van der Waals surface area (Å²) in [4.78, 5) is 29.5. The fraction of sp³-hybridized carbons (Fsp3) is 0.333. The highest BCUT2D eigenvalue weighted by Crippen LogP contribution is 2.37. The maximum atomic E-state index is 11.8. The van der Waals surface area contributed by atoms with Gasteiger partial charge in [0.2, 0.25) is 0 Å². The van der Waals surface area contributed by atoms with Crippen LogP contribution in [-0.2, 0) is 45.3 Å². The number of hydrogen-bond acceptors (Lipinski definition) is 8. The van der Waals surface area contributed by atoms with E-state index in [1.807, 2.05) is 34.7 Å². The molecule has 0 saturated heterocycles. The van der Waals surface area contributed by atoms with Gasteiger partial charge >= 0.3 is 11.9 Å². The number of H-pyrrole nitrogens is 2. The average molecular weight is 751 g/mol. The lowest BCUT2D eigenvalue weighted by molar-refractivity contribution is 0.0681. The third-order valence-electron chi connectivity index (χ3n) is 8.50. The Kier molecular flexibility index (Phi) is 10.3. The molecule has 4 heterocycles. The Balaban J connectivity index is 0.000000201. The van der Waals surface area contributed by atoms with Crippen LogP contribution in [0.2, 0.25) is 0 Å². The molecular weight excluding hydrogens is 709 g/mol. The van der Waals surface area contributed by atoms with Crippen LogP contribution in [0.4, 0.5) is 0 Å². The largest absolute Gasteiger partial charge is 0.477 e. The van der Waals surface area contributed by atoms with E-state index in [1.54, 1.807) is 64.9 Å². The molecule has 0 aliphatic carbocycles. The number of aryl methyl sites for hydroxylation is 2. The number of carboxylic acids is 2. The lowest BCUT2D eigenvalue weighted by Gasteiger charge is -2.06. The van der Waals surface area contributed by atoms with Crippen LogP contribution in [0.15, 0.2) is 48.5 Å². The second-order valence-corrected chi connectivity index (χ2v) is 17.9. The number of rotatable bonds is 10. The third-order valence-corrected chi connectivity index (χ3v) is 10.2. The first-order valence-electron chi connectivity index (χ1n) is 16.3. The molecule has 14 nitrogen and oxygen atoms in total. The van der Waals surface area contributed by atoms with E-state index in [-0.39, 0.29) is 34.7 Å². The summed E-state index contributed by atoms with van der Waals surface area (Å²) in [6, 6.07) is 13.8. The van der Waals surface area contributed by atoms with Crippen molar-refractivity contribution in [1.29, 1.82) is 0 Å². The Bertz CT molecular complexity index is 2540. The summed E-state index contributed by atoms with van der Waals surface area (Å²) in [6.45, 7) is 8.06. The number of carboxylic acid groups (broad SMARTS) is 2. The minimum absolute atomic E-state index is 0.0508. The van der Waals surface area contributed by atoms with Crippen LogP contribution in [0, 0.1) is 0 Å². The Hall–Kier alpha value is -5.22. The Labute approximate surface area is 301 Å². The molecule has 0 fully saturated rings. The van der Waals surface area contributed by atoms with Gasteiger partial charge in [-0.15, -0.1) is 0 Å². The van der Waals surface area contributed by atoms with Gasteiger partial charge in [0.1, 0.15) is 16.9 Å². The van der Waals surface area contributed by atoms with Crippen LogP contribution >= 0.6 is 0 Å². The average Bonchev–Trinajstić information content (AvgIpc) is 3.75. The molecule has 0 radical (unpaired) electrons. The molecule has 4 aromatic heterocycles. The van der Waals surface area contributed by atoms with E-state index in [2.05, 4.69) is 20.2 Å². The molecule has 0 amide bonds. The van der Waals surface area contributed by atoms with Gasteiger partial charge in [-0.25, -0.2) is 26.4 Å². The summed E-state index contributed by atoms with van der Waals surface area (Å²) in [6.07, 6.45) is 2.36. The number of carbonyl (C=O) groups is 2. The highest BCUT2D eigenvalue weighted by atomic mass is 32.2. The normalized spacial score (nSPS) is 12.2. The van der Waals surface area contributed by atoms with Crippen LogP contribution in [0.25, 0.3) is 44.3 Å². The summed E-state index contributed by atoms with van der Waals surface area (Å²) < 4.78 is 49.2. The third kappa shape index (κ3) is 7.82. The first-order chi connectivity index (χ1) is 24.2. The van der Waals surface area contributed by atoms with Crippen LogP contribution in [0.3, 0.4) is 0 Å².